The van der Waals surface area contributed by atoms with E-state index in [-0.39, 0.29) is 29.4 Å². The van der Waals surface area contributed by atoms with Gasteiger partial charge in [0, 0.05) is 34.1 Å². The monoisotopic (exact) mass is 491 g/mol. The number of benzene rings is 1. The highest BCUT2D eigenvalue weighted by atomic mass is 32.1. The minimum Gasteiger partial charge on any atom is -0.507 e. The SMILES string of the molecule is C[C@]12CCC[C@H](N1)[C@H](F)[C@H](N(c1ncc(-c3ccc(-c4nc(C#N)cs4)cc3O)nn1)C1CC1)C2. The first-order valence-electron chi connectivity index (χ1n) is 12.0. The predicted octanol–water partition coefficient (Wildman–Crippen LogP) is 4.22. The number of phenols is 1. The number of hydrogen-bond donors (Lipinski definition) is 2. The van der Waals surface area contributed by atoms with Crippen LogP contribution in [0.1, 0.15) is 51.1 Å². The van der Waals surface area contributed by atoms with Crippen molar-refractivity contribution in [3.05, 3.63) is 35.5 Å². The Bertz CT molecular complexity index is 1290. The van der Waals surface area contributed by atoms with Crippen LogP contribution in [0.5, 0.6) is 5.75 Å². The van der Waals surface area contributed by atoms with Crippen molar-refractivity contribution in [2.75, 3.05) is 4.90 Å². The Morgan fingerprint density at radius 1 is 1.29 bits per heavy atom. The first-order valence-corrected chi connectivity index (χ1v) is 12.9. The van der Waals surface area contributed by atoms with E-state index in [0.717, 1.165) is 38.5 Å². The fourth-order valence-corrected chi connectivity index (χ4v) is 6.33. The van der Waals surface area contributed by atoms with Crippen LogP contribution in [0.4, 0.5) is 10.3 Å². The van der Waals surface area contributed by atoms with Gasteiger partial charge in [0.2, 0.25) is 5.95 Å². The Morgan fingerprint density at radius 3 is 2.83 bits per heavy atom. The molecule has 1 aromatic carbocycles. The molecule has 10 heteroatoms. The summed E-state index contributed by atoms with van der Waals surface area (Å²) in [5, 5.41) is 34.3. The summed E-state index contributed by atoms with van der Waals surface area (Å²) < 4.78 is 15.6. The number of halogens is 1. The second-order valence-corrected chi connectivity index (χ2v) is 10.9. The molecule has 2 saturated heterocycles. The number of aromatic hydroxyl groups is 1. The third-order valence-corrected chi connectivity index (χ3v) is 8.30. The quantitative estimate of drug-likeness (QED) is 0.546. The van der Waals surface area contributed by atoms with Gasteiger partial charge in [-0.25, -0.2) is 14.4 Å². The van der Waals surface area contributed by atoms with Crippen LogP contribution >= 0.6 is 11.3 Å². The van der Waals surface area contributed by atoms with Crippen LogP contribution < -0.4 is 10.2 Å². The number of nitriles is 1. The van der Waals surface area contributed by atoms with E-state index in [0.29, 0.717) is 33.5 Å². The number of alkyl halides is 1. The number of thiazole rings is 1. The van der Waals surface area contributed by atoms with Gasteiger partial charge in [0.25, 0.3) is 0 Å². The Kier molecular flexibility index (Phi) is 5.42. The predicted molar refractivity (Wildman–Crippen MR) is 131 cm³/mol. The number of aromatic nitrogens is 4. The summed E-state index contributed by atoms with van der Waals surface area (Å²) in [6.07, 6.45) is 6.33. The maximum atomic E-state index is 15.6. The molecule has 2 N–H and O–H groups in total. The molecule has 0 amide bonds. The fourth-order valence-electron chi connectivity index (χ4n) is 5.58. The lowest BCUT2D eigenvalue weighted by molar-refractivity contribution is 0.0582. The molecule has 3 aromatic rings. The number of piperidine rings is 2. The highest BCUT2D eigenvalue weighted by Gasteiger charge is 2.50. The second-order valence-electron chi connectivity index (χ2n) is 10.1. The van der Waals surface area contributed by atoms with Crippen LogP contribution in [0.3, 0.4) is 0 Å². The van der Waals surface area contributed by atoms with Gasteiger partial charge in [-0.2, -0.15) is 5.26 Å². The number of nitrogens with one attached hydrogen (secondary N) is 1. The molecule has 2 aliphatic heterocycles. The number of rotatable bonds is 5. The molecule has 0 spiro atoms. The molecule has 6 rings (SSSR count). The lowest BCUT2D eigenvalue weighted by Crippen LogP contribution is -2.67. The van der Waals surface area contributed by atoms with Crippen LogP contribution in [0.15, 0.2) is 29.8 Å². The average molecular weight is 492 g/mol. The Balaban J connectivity index is 1.26. The van der Waals surface area contributed by atoms with Crippen molar-refractivity contribution in [2.45, 2.75) is 75.3 Å². The van der Waals surface area contributed by atoms with E-state index < -0.39 is 6.17 Å². The van der Waals surface area contributed by atoms with Crippen LogP contribution in [0.25, 0.3) is 21.8 Å². The number of nitrogens with zero attached hydrogens (tertiary/aromatic N) is 6. The normalized spacial score (nSPS) is 27.9. The number of hydrogen-bond acceptors (Lipinski definition) is 9. The van der Waals surface area contributed by atoms with Crippen LogP contribution in [0, 0.1) is 11.3 Å². The van der Waals surface area contributed by atoms with Crippen LogP contribution in [-0.2, 0) is 0 Å². The van der Waals surface area contributed by atoms with Crippen molar-refractivity contribution >= 4 is 17.3 Å². The topological polar surface area (TPSA) is 111 Å². The zero-order chi connectivity index (χ0) is 24.2. The smallest absolute Gasteiger partial charge is 0.245 e. The summed E-state index contributed by atoms with van der Waals surface area (Å²) in [5.74, 6) is 0.484. The number of phenolic OH excluding ortho intramolecular Hbond substituents is 1. The molecular weight excluding hydrogens is 465 g/mol. The van der Waals surface area contributed by atoms with E-state index in [4.69, 9.17) is 5.26 Å². The minimum atomic E-state index is -0.976. The van der Waals surface area contributed by atoms with E-state index in [1.165, 1.54) is 11.3 Å². The molecule has 3 aliphatic rings. The largest absolute Gasteiger partial charge is 0.507 e. The fraction of sp³-hybridized carbons (Fsp3) is 0.480. The number of anilines is 1. The maximum Gasteiger partial charge on any atom is 0.245 e. The van der Waals surface area contributed by atoms with E-state index >= 15 is 4.39 Å². The van der Waals surface area contributed by atoms with Crippen molar-refractivity contribution in [1.29, 1.82) is 5.26 Å². The third-order valence-electron chi connectivity index (χ3n) is 7.41. The van der Waals surface area contributed by atoms with Gasteiger partial charge in [0.05, 0.1) is 12.2 Å². The van der Waals surface area contributed by atoms with Crippen molar-refractivity contribution in [1.82, 2.24) is 25.5 Å². The molecule has 35 heavy (non-hydrogen) atoms. The van der Waals surface area contributed by atoms with Crippen LogP contribution in [0.2, 0.25) is 0 Å². The standard InChI is InChI=1S/C25H26FN7OS/c1-25-8-2-3-18(30-25)22(26)20(10-25)33(16-5-6-16)24-28-12-19(31-32-24)17-7-4-14(9-21(17)34)23-29-15(11-27)13-35-23/h4,7,9,12-13,16,18,20,22,30,34H,2-3,5-6,8,10H2,1H3/t18-,20+,22-,25+/m0/s1. The summed E-state index contributed by atoms with van der Waals surface area (Å²) in [6.45, 7) is 2.20. The molecule has 2 aromatic heterocycles. The maximum absolute atomic E-state index is 15.6. The van der Waals surface area contributed by atoms with Gasteiger partial charge < -0.3 is 15.3 Å². The summed E-state index contributed by atoms with van der Waals surface area (Å²) >= 11 is 1.34. The first kappa shape index (κ1) is 22.3. The lowest BCUT2D eigenvalue weighted by Gasteiger charge is -2.52. The summed E-state index contributed by atoms with van der Waals surface area (Å²) in [6, 6.07) is 7.04. The van der Waals surface area contributed by atoms with Gasteiger partial charge in [0.1, 0.15) is 28.7 Å². The van der Waals surface area contributed by atoms with E-state index in [1.54, 1.807) is 23.7 Å². The zero-order valence-corrected chi connectivity index (χ0v) is 20.2. The van der Waals surface area contributed by atoms with Crippen LogP contribution in [-0.4, -0.2) is 55.1 Å². The molecule has 0 radical (unpaired) electrons. The summed E-state index contributed by atoms with van der Waals surface area (Å²) in [4.78, 5) is 10.9. The van der Waals surface area contributed by atoms with Crippen molar-refractivity contribution < 1.29 is 9.50 Å². The molecule has 8 nitrogen and oxygen atoms in total. The number of fused-ring (bicyclic) bond motifs is 2. The molecule has 180 valence electrons. The highest BCUT2D eigenvalue weighted by molar-refractivity contribution is 7.13. The van der Waals surface area contributed by atoms with Gasteiger partial charge in [-0.1, -0.05) is 6.07 Å². The Hall–Kier alpha value is -3.16. The second kappa shape index (κ2) is 8.50. The molecular formula is C25H26FN7OS. The van der Waals surface area contributed by atoms with Gasteiger partial charge in [0.15, 0.2) is 5.69 Å². The van der Waals surface area contributed by atoms with Gasteiger partial charge in [-0.15, -0.1) is 21.5 Å². The van der Waals surface area contributed by atoms with E-state index in [2.05, 4.69) is 37.3 Å². The van der Waals surface area contributed by atoms with Gasteiger partial charge in [-0.3, -0.25) is 0 Å². The van der Waals surface area contributed by atoms with Gasteiger partial charge in [-0.05, 0) is 57.6 Å². The molecule has 1 aliphatic carbocycles. The Labute approximate surface area is 206 Å². The lowest BCUT2D eigenvalue weighted by atomic mass is 9.74. The summed E-state index contributed by atoms with van der Waals surface area (Å²) in [5.41, 5.74) is 1.95. The third kappa shape index (κ3) is 4.13. The van der Waals surface area contributed by atoms with Gasteiger partial charge >= 0.3 is 0 Å². The Morgan fingerprint density at radius 2 is 2.14 bits per heavy atom. The van der Waals surface area contributed by atoms with Crippen molar-refractivity contribution in [2.24, 2.45) is 0 Å². The zero-order valence-electron chi connectivity index (χ0n) is 19.4. The minimum absolute atomic E-state index is 0.0297. The average Bonchev–Trinajstić information content (AvgIpc) is 3.57. The molecule has 3 fully saturated rings. The molecule has 1 saturated carbocycles. The van der Waals surface area contributed by atoms with E-state index in [1.807, 2.05) is 12.1 Å². The molecule has 2 bridgehead atoms. The molecule has 4 heterocycles. The molecule has 4 atom stereocenters. The molecule has 0 unspecified atom stereocenters. The summed E-state index contributed by atoms with van der Waals surface area (Å²) in [7, 11) is 0. The van der Waals surface area contributed by atoms with Crippen molar-refractivity contribution in [3.8, 4) is 33.6 Å². The van der Waals surface area contributed by atoms with E-state index in [9.17, 15) is 5.11 Å². The van der Waals surface area contributed by atoms with Crippen molar-refractivity contribution in [3.63, 3.8) is 0 Å². The highest BCUT2D eigenvalue weighted by Crippen LogP contribution is 2.42. The first-order chi connectivity index (χ1) is 16.9.